The van der Waals surface area contributed by atoms with Crippen LogP contribution >= 0.6 is 11.6 Å². The van der Waals surface area contributed by atoms with Crippen LogP contribution in [-0.4, -0.2) is 22.5 Å². The minimum Gasteiger partial charge on any atom is -0.550 e. The number of nitrogens with one attached hydrogen (secondary N) is 1. The van der Waals surface area contributed by atoms with Crippen LogP contribution in [0.4, 0.5) is 0 Å². The van der Waals surface area contributed by atoms with Crippen LogP contribution in [0.3, 0.4) is 0 Å². The summed E-state index contributed by atoms with van der Waals surface area (Å²) in [6.45, 7) is 1.42. The highest BCUT2D eigenvalue weighted by molar-refractivity contribution is 6.30. The fraction of sp³-hybridized carbons (Fsp3) is 0.105. The van der Waals surface area contributed by atoms with E-state index in [9.17, 15) is 19.5 Å². The molecular formula is C19H13ClNO4-. The number of hydrogen-bond donors (Lipinski definition) is 1. The monoisotopic (exact) mass is 354 g/mol. The second kappa shape index (κ2) is 6.53. The van der Waals surface area contributed by atoms with Gasteiger partial charge in [-0.15, -0.1) is 0 Å². The average molecular weight is 355 g/mol. The van der Waals surface area contributed by atoms with Crippen molar-refractivity contribution < 1.29 is 19.5 Å². The highest BCUT2D eigenvalue weighted by atomic mass is 35.5. The summed E-state index contributed by atoms with van der Waals surface area (Å²) in [6.07, 6.45) is -0.435. The standard InChI is InChI=1S/C19H14ClNO4/c1-10(22)12-4-7-16-14(8-12)15(9-17(23)24)18(21-16)19(25)11-2-5-13(20)6-3-11/h2-8,21H,9H2,1H3,(H,23,24)/p-1. The number of benzene rings is 2. The second-order valence-electron chi connectivity index (χ2n) is 5.68. The van der Waals surface area contributed by atoms with Gasteiger partial charge in [-0.25, -0.2) is 0 Å². The third-order valence-electron chi connectivity index (χ3n) is 3.97. The number of carboxylic acids is 1. The number of carboxylic acid groups (broad SMARTS) is 1. The van der Waals surface area contributed by atoms with E-state index in [4.69, 9.17) is 11.6 Å². The van der Waals surface area contributed by atoms with Crippen molar-refractivity contribution in [1.82, 2.24) is 4.98 Å². The van der Waals surface area contributed by atoms with Gasteiger partial charge in [-0.1, -0.05) is 11.6 Å². The third-order valence-corrected chi connectivity index (χ3v) is 4.22. The summed E-state index contributed by atoms with van der Waals surface area (Å²) in [6, 6.07) is 11.2. The summed E-state index contributed by atoms with van der Waals surface area (Å²) in [7, 11) is 0. The van der Waals surface area contributed by atoms with E-state index in [-0.39, 0.29) is 17.3 Å². The number of aromatic nitrogens is 1. The topological polar surface area (TPSA) is 90.1 Å². The number of fused-ring (bicyclic) bond motifs is 1. The van der Waals surface area contributed by atoms with Crippen LogP contribution in [0.2, 0.25) is 5.02 Å². The number of carbonyl (C=O) groups excluding carboxylic acids is 3. The van der Waals surface area contributed by atoms with E-state index in [1.165, 1.54) is 6.92 Å². The number of halogens is 1. The molecule has 0 aliphatic carbocycles. The molecule has 1 heterocycles. The second-order valence-corrected chi connectivity index (χ2v) is 6.12. The van der Waals surface area contributed by atoms with Crippen molar-refractivity contribution in [3.05, 3.63) is 69.9 Å². The van der Waals surface area contributed by atoms with Crippen molar-refractivity contribution in [2.24, 2.45) is 0 Å². The van der Waals surface area contributed by atoms with Gasteiger partial charge in [0.15, 0.2) is 5.78 Å². The predicted molar refractivity (Wildman–Crippen MR) is 91.9 cm³/mol. The summed E-state index contributed by atoms with van der Waals surface area (Å²) in [5.41, 5.74) is 1.87. The zero-order chi connectivity index (χ0) is 18.1. The smallest absolute Gasteiger partial charge is 0.209 e. The molecule has 25 heavy (non-hydrogen) atoms. The lowest BCUT2D eigenvalue weighted by molar-refractivity contribution is -0.304. The first-order chi connectivity index (χ1) is 11.9. The van der Waals surface area contributed by atoms with Gasteiger partial charge in [-0.05, 0) is 55.0 Å². The molecule has 0 bridgehead atoms. The lowest BCUT2D eigenvalue weighted by atomic mass is 10.00. The predicted octanol–water partition coefficient (Wildman–Crippen LogP) is 2.55. The van der Waals surface area contributed by atoms with Crippen LogP contribution in [0.1, 0.15) is 38.9 Å². The van der Waals surface area contributed by atoms with Crippen LogP contribution in [-0.2, 0) is 11.2 Å². The van der Waals surface area contributed by atoms with E-state index >= 15 is 0 Å². The normalized spacial score (nSPS) is 10.8. The molecule has 3 rings (SSSR count). The Balaban J connectivity index is 2.19. The summed E-state index contributed by atoms with van der Waals surface area (Å²) >= 11 is 5.84. The first-order valence-electron chi connectivity index (χ1n) is 7.52. The molecule has 5 nitrogen and oxygen atoms in total. The van der Waals surface area contributed by atoms with Crippen molar-refractivity contribution in [3.8, 4) is 0 Å². The molecule has 0 aliphatic heterocycles. The number of Topliss-reactive ketones (excluding diaryl/α,β-unsaturated/α-hetero) is 1. The summed E-state index contributed by atoms with van der Waals surface area (Å²) in [4.78, 5) is 38.5. The van der Waals surface area contributed by atoms with Crippen LogP contribution in [0, 0.1) is 0 Å². The van der Waals surface area contributed by atoms with E-state index in [1.807, 2.05) is 0 Å². The summed E-state index contributed by atoms with van der Waals surface area (Å²) in [5, 5.41) is 12.2. The molecule has 0 spiro atoms. The van der Waals surface area contributed by atoms with Crippen LogP contribution < -0.4 is 5.11 Å². The van der Waals surface area contributed by atoms with Gasteiger partial charge < -0.3 is 14.9 Å². The van der Waals surface area contributed by atoms with Gasteiger partial charge in [0, 0.05) is 39.4 Å². The molecule has 126 valence electrons. The molecule has 3 aromatic rings. The molecule has 0 saturated heterocycles. The Hall–Kier alpha value is -2.92. The Bertz CT molecular complexity index is 1000. The van der Waals surface area contributed by atoms with Gasteiger partial charge in [0.1, 0.15) is 0 Å². The van der Waals surface area contributed by atoms with Crippen molar-refractivity contribution >= 4 is 40.0 Å². The lowest BCUT2D eigenvalue weighted by Gasteiger charge is -2.06. The Labute approximate surface area is 148 Å². The Morgan fingerprint density at radius 3 is 2.28 bits per heavy atom. The van der Waals surface area contributed by atoms with E-state index in [0.717, 1.165) is 0 Å². The quantitative estimate of drug-likeness (QED) is 0.713. The van der Waals surface area contributed by atoms with Gasteiger partial charge in [0.2, 0.25) is 5.78 Å². The highest BCUT2D eigenvalue weighted by Gasteiger charge is 2.20. The molecule has 1 N–H and O–H groups in total. The highest BCUT2D eigenvalue weighted by Crippen LogP contribution is 2.27. The maximum absolute atomic E-state index is 12.8. The van der Waals surface area contributed by atoms with E-state index in [2.05, 4.69) is 4.98 Å². The van der Waals surface area contributed by atoms with E-state index < -0.39 is 12.4 Å². The first kappa shape index (κ1) is 16.9. The summed E-state index contributed by atoms with van der Waals surface area (Å²) in [5.74, 6) is -1.80. The minimum absolute atomic E-state index is 0.145. The number of H-pyrrole nitrogens is 1. The Kier molecular flexibility index (Phi) is 4.42. The molecule has 0 amide bonds. The van der Waals surface area contributed by atoms with Crippen LogP contribution in [0.5, 0.6) is 0 Å². The fourth-order valence-electron chi connectivity index (χ4n) is 2.73. The molecule has 1 aromatic heterocycles. The zero-order valence-corrected chi connectivity index (χ0v) is 14.0. The fourth-order valence-corrected chi connectivity index (χ4v) is 2.86. The molecule has 0 fully saturated rings. The molecule has 0 saturated carbocycles. The molecule has 2 aromatic carbocycles. The number of rotatable bonds is 5. The maximum atomic E-state index is 12.8. The van der Waals surface area contributed by atoms with E-state index in [0.29, 0.717) is 32.6 Å². The molecule has 0 aliphatic rings. The average Bonchev–Trinajstić information content (AvgIpc) is 2.92. The van der Waals surface area contributed by atoms with Gasteiger partial charge in [0.05, 0.1) is 5.69 Å². The van der Waals surface area contributed by atoms with Gasteiger partial charge >= 0.3 is 0 Å². The lowest BCUT2D eigenvalue weighted by Crippen LogP contribution is -2.25. The molecule has 0 atom stereocenters. The Morgan fingerprint density at radius 1 is 1.04 bits per heavy atom. The number of aliphatic carboxylic acids is 1. The summed E-state index contributed by atoms with van der Waals surface area (Å²) < 4.78 is 0. The number of carbonyl (C=O) groups is 3. The number of hydrogen-bond acceptors (Lipinski definition) is 4. The Morgan fingerprint density at radius 2 is 1.68 bits per heavy atom. The van der Waals surface area contributed by atoms with Crippen molar-refractivity contribution in [1.29, 1.82) is 0 Å². The molecule has 0 unspecified atom stereocenters. The van der Waals surface area contributed by atoms with Crippen LogP contribution in [0.25, 0.3) is 10.9 Å². The van der Waals surface area contributed by atoms with Gasteiger partial charge in [-0.2, -0.15) is 0 Å². The largest absolute Gasteiger partial charge is 0.550 e. The maximum Gasteiger partial charge on any atom is 0.209 e. The van der Waals surface area contributed by atoms with Gasteiger partial charge in [0.25, 0.3) is 0 Å². The van der Waals surface area contributed by atoms with Gasteiger partial charge in [-0.3, -0.25) is 9.59 Å². The molecular weight excluding hydrogens is 342 g/mol. The number of ketones is 2. The zero-order valence-electron chi connectivity index (χ0n) is 13.3. The number of aromatic amines is 1. The van der Waals surface area contributed by atoms with E-state index in [1.54, 1.807) is 42.5 Å². The minimum atomic E-state index is -1.31. The molecule has 6 heteroatoms. The van der Waals surface area contributed by atoms with Crippen LogP contribution in [0.15, 0.2) is 42.5 Å². The van der Waals surface area contributed by atoms with Crippen molar-refractivity contribution in [3.63, 3.8) is 0 Å². The van der Waals surface area contributed by atoms with Crippen molar-refractivity contribution in [2.45, 2.75) is 13.3 Å². The molecule has 0 radical (unpaired) electrons. The first-order valence-corrected chi connectivity index (χ1v) is 7.90. The van der Waals surface area contributed by atoms with Crippen molar-refractivity contribution in [2.75, 3.05) is 0 Å². The SMILES string of the molecule is CC(=O)c1ccc2[nH]c(C(=O)c3ccc(Cl)cc3)c(CC(=O)[O-])c2c1. The third kappa shape index (κ3) is 3.32.